The number of halogens is 1. The fourth-order valence-electron chi connectivity index (χ4n) is 2.34. The standard InChI is InChI=1S/C15H14BrN3O3S2/c1-19(8-14(20)17-7-11-6-10(16)9-23-11)15-12-4-2-3-5-13(12)24(21,22)18-15/h2-6,9H,7-8H2,1H3,(H,17,20). The van der Waals surface area contributed by atoms with Gasteiger partial charge in [0.15, 0.2) is 5.84 Å². The van der Waals surface area contributed by atoms with Gasteiger partial charge in [-0.2, -0.15) is 8.42 Å². The molecule has 126 valence electrons. The molecule has 9 heteroatoms. The van der Waals surface area contributed by atoms with Crippen LogP contribution in [-0.4, -0.2) is 38.7 Å². The maximum atomic E-state index is 12.1. The summed E-state index contributed by atoms with van der Waals surface area (Å²) < 4.78 is 28.9. The molecule has 24 heavy (non-hydrogen) atoms. The van der Waals surface area contributed by atoms with E-state index in [1.807, 2.05) is 11.4 Å². The van der Waals surface area contributed by atoms with Crippen LogP contribution in [0.25, 0.3) is 0 Å². The van der Waals surface area contributed by atoms with Crippen LogP contribution in [0.1, 0.15) is 10.4 Å². The van der Waals surface area contributed by atoms with Gasteiger partial charge in [0.05, 0.1) is 13.1 Å². The number of fused-ring (bicyclic) bond motifs is 1. The Kier molecular flexibility index (Phi) is 4.75. The van der Waals surface area contributed by atoms with Gasteiger partial charge < -0.3 is 10.2 Å². The van der Waals surface area contributed by atoms with Crippen LogP contribution in [0.3, 0.4) is 0 Å². The molecule has 0 aliphatic carbocycles. The van der Waals surface area contributed by atoms with Crippen molar-refractivity contribution in [2.24, 2.45) is 4.40 Å². The maximum absolute atomic E-state index is 12.1. The Balaban J connectivity index is 1.67. The summed E-state index contributed by atoms with van der Waals surface area (Å²) in [6.07, 6.45) is 0. The minimum Gasteiger partial charge on any atom is -0.350 e. The molecule has 3 rings (SSSR count). The Hall–Kier alpha value is -1.71. The molecule has 0 saturated heterocycles. The van der Waals surface area contributed by atoms with Crippen molar-refractivity contribution in [3.63, 3.8) is 0 Å². The lowest BCUT2D eigenvalue weighted by Crippen LogP contribution is -2.38. The Bertz CT molecular complexity index is 922. The smallest absolute Gasteiger partial charge is 0.285 e. The average molecular weight is 428 g/mol. The second kappa shape index (κ2) is 6.66. The van der Waals surface area contributed by atoms with Crippen molar-refractivity contribution >= 4 is 49.0 Å². The highest BCUT2D eigenvalue weighted by Gasteiger charge is 2.30. The summed E-state index contributed by atoms with van der Waals surface area (Å²) in [5.74, 6) is 0.0890. The van der Waals surface area contributed by atoms with E-state index in [9.17, 15) is 13.2 Å². The summed E-state index contributed by atoms with van der Waals surface area (Å²) in [4.78, 5) is 14.9. The van der Waals surface area contributed by atoms with Crippen molar-refractivity contribution in [1.82, 2.24) is 10.2 Å². The third kappa shape index (κ3) is 3.52. The Morgan fingerprint density at radius 3 is 2.83 bits per heavy atom. The van der Waals surface area contributed by atoms with Gasteiger partial charge in [0.2, 0.25) is 5.91 Å². The Morgan fingerprint density at radius 1 is 1.38 bits per heavy atom. The maximum Gasteiger partial charge on any atom is 0.285 e. The van der Waals surface area contributed by atoms with Crippen molar-refractivity contribution in [2.75, 3.05) is 13.6 Å². The molecule has 0 bridgehead atoms. The number of hydrogen-bond donors (Lipinski definition) is 1. The number of hydrogen-bond acceptors (Lipinski definition) is 5. The number of rotatable bonds is 4. The zero-order valence-corrected chi connectivity index (χ0v) is 15.9. The van der Waals surface area contributed by atoms with Gasteiger partial charge in [-0.05, 0) is 34.1 Å². The molecule has 0 saturated carbocycles. The van der Waals surface area contributed by atoms with E-state index in [0.29, 0.717) is 17.9 Å². The summed E-state index contributed by atoms with van der Waals surface area (Å²) in [5, 5.41) is 4.76. The SMILES string of the molecule is CN(CC(=O)NCc1cc(Br)cs1)C1=NS(=O)(=O)c2ccccc21. The summed E-state index contributed by atoms with van der Waals surface area (Å²) in [7, 11) is -2.03. The minimum absolute atomic E-state index is 0.0230. The van der Waals surface area contributed by atoms with Crippen molar-refractivity contribution in [2.45, 2.75) is 11.4 Å². The third-order valence-corrected chi connectivity index (χ3v) is 6.46. The number of thiophene rings is 1. The number of nitrogens with one attached hydrogen (secondary N) is 1. The fraction of sp³-hybridized carbons (Fsp3) is 0.200. The normalized spacial score (nSPS) is 14.8. The van der Waals surface area contributed by atoms with Gasteiger partial charge in [0.25, 0.3) is 10.0 Å². The van der Waals surface area contributed by atoms with Gasteiger partial charge >= 0.3 is 0 Å². The van der Waals surface area contributed by atoms with E-state index in [0.717, 1.165) is 9.35 Å². The first-order valence-electron chi connectivity index (χ1n) is 7.02. The molecular formula is C15H14BrN3O3S2. The number of carbonyl (C=O) groups excluding carboxylic acids is 1. The summed E-state index contributed by atoms with van der Waals surface area (Å²) >= 11 is 4.91. The molecule has 1 aromatic heterocycles. The highest BCUT2D eigenvalue weighted by molar-refractivity contribution is 9.10. The van der Waals surface area contributed by atoms with E-state index in [-0.39, 0.29) is 17.3 Å². The Labute approximate surface area is 152 Å². The van der Waals surface area contributed by atoms with Crippen LogP contribution in [0.5, 0.6) is 0 Å². The number of benzene rings is 1. The van der Waals surface area contributed by atoms with E-state index in [4.69, 9.17) is 0 Å². The predicted octanol–water partition coefficient (Wildman–Crippen LogP) is 2.21. The summed E-state index contributed by atoms with van der Waals surface area (Å²) in [6.45, 7) is 0.458. The molecule has 0 fully saturated rings. The number of likely N-dealkylation sites (N-methyl/N-ethyl adjacent to an activating group) is 1. The first-order valence-corrected chi connectivity index (χ1v) is 10.1. The molecule has 1 aromatic carbocycles. The molecule has 0 radical (unpaired) electrons. The second-order valence-corrected chi connectivity index (χ2v) is 8.73. The van der Waals surface area contributed by atoms with E-state index in [1.54, 1.807) is 41.5 Å². The minimum atomic E-state index is -3.68. The topological polar surface area (TPSA) is 78.8 Å². The molecule has 2 aromatic rings. The van der Waals surface area contributed by atoms with E-state index < -0.39 is 10.0 Å². The van der Waals surface area contributed by atoms with Gasteiger partial charge in [0, 0.05) is 27.3 Å². The van der Waals surface area contributed by atoms with Crippen molar-refractivity contribution in [3.8, 4) is 0 Å². The van der Waals surface area contributed by atoms with Gasteiger partial charge in [-0.15, -0.1) is 15.7 Å². The zero-order chi connectivity index (χ0) is 17.3. The Morgan fingerprint density at radius 2 is 2.12 bits per heavy atom. The van der Waals surface area contributed by atoms with E-state index >= 15 is 0 Å². The number of carbonyl (C=O) groups is 1. The largest absolute Gasteiger partial charge is 0.350 e. The highest BCUT2D eigenvalue weighted by Crippen LogP contribution is 2.26. The average Bonchev–Trinajstić information content (AvgIpc) is 3.07. The van der Waals surface area contributed by atoms with Gasteiger partial charge in [0.1, 0.15) is 4.90 Å². The second-order valence-electron chi connectivity index (χ2n) is 5.25. The van der Waals surface area contributed by atoms with E-state index in [1.165, 1.54) is 6.07 Å². The van der Waals surface area contributed by atoms with Crippen LogP contribution in [0.4, 0.5) is 0 Å². The van der Waals surface area contributed by atoms with Gasteiger partial charge in [-0.1, -0.05) is 12.1 Å². The quantitative estimate of drug-likeness (QED) is 0.810. The first-order chi connectivity index (χ1) is 11.4. The molecule has 1 amide bonds. The lowest BCUT2D eigenvalue weighted by Gasteiger charge is -2.18. The zero-order valence-electron chi connectivity index (χ0n) is 12.7. The van der Waals surface area contributed by atoms with Crippen molar-refractivity contribution in [1.29, 1.82) is 0 Å². The lowest BCUT2D eigenvalue weighted by atomic mass is 10.2. The van der Waals surface area contributed by atoms with Crippen LogP contribution in [-0.2, 0) is 21.4 Å². The number of sulfonamides is 1. The molecule has 6 nitrogen and oxygen atoms in total. The monoisotopic (exact) mass is 427 g/mol. The molecule has 2 heterocycles. The lowest BCUT2D eigenvalue weighted by molar-refractivity contribution is -0.121. The molecule has 1 aliphatic heterocycles. The molecule has 1 aliphatic rings. The first kappa shape index (κ1) is 17.1. The van der Waals surface area contributed by atoms with Crippen LogP contribution in [0.15, 0.2) is 49.5 Å². The van der Waals surface area contributed by atoms with Crippen LogP contribution < -0.4 is 5.32 Å². The highest BCUT2D eigenvalue weighted by atomic mass is 79.9. The molecular weight excluding hydrogens is 414 g/mol. The molecule has 0 atom stereocenters. The summed E-state index contributed by atoms with van der Waals surface area (Å²) in [6, 6.07) is 8.55. The fourth-order valence-corrected chi connectivity index (χ4v) is 4.98. The van der Waals surface area contributed by atoms with Crippen LogP contribution in [0.2, 0.25) is 0 Å². The van der Waals surface area contributed by atoms with Crippen LogP contribution >= 0.6 is 27.3 Å². The van der Waals surface area contributed by atoms with Crippen molar-refractivity contribution < 1.29 is 13.2 Å². The number of amides is 1. The third-order valence-electron chi connectivity index (χ3n) is 3.44. The number of nitrogens with zero attached hydrogens (tertiary/aromatic N) is 2. The van der Waals surface area contributed by atoms with Gasteiger partial charge in [-0.3, -0.25) is 4.79 Å². The predicted molar refractivity (Wildman–Crippen MR) is 96.7 cm³/mol. The van der Waals surface area contributed by atoms with Crippen molar-refractivity contribution in [3.05, 3.63) is 50.6 Å². The summed E-state index contributed by atoms with van der Waals surface area (Å²) in [5.41, 5.74) is 0.523. The van der Waals surface area contributed by atoms with Crippen LogP contribution in [0, 0.1) is 0 Å². The molecule has 0 unspecified atom stereocenters. The number of amidine groups is 1. The molecule has 1 N–H and O–H groups in total. The van der Waals surface area contributed by atoms with E-state index in [2.05, 4.69) is 25.6 Å². The molecule has 0 spiro atoms. The van der Waals surface area contributed by atoms with Gasteiger partial charge in [-0.25, -0.2) is 0 Å².